The van der Waals surface area contributed by atoms with Crippen molar-refractivity contribution < 1.29 is 33.9 Å². The topological polar surface area (TPSA) is 236 Å². The zero-order valence-corrected chi connectivity index (χ0v) is 35.8. The van der Waals surface area contributed by atoms with Gasteiger partial charge in [-0.3, -0.25) is 34.2 Å². The maximum Gasteiger partial charge on any atom is 0.305 e. The predicted octanol–water partition coefficient (Wildman–Crippen LogP) is 3.72. The van der Waals surface area contributed by atoms with Crippen LogP contribution in [0.5, 0.6) is 0 Å². The molecule has 63 heavy (non-hydrogen) atoms. The van der Waals surface area contributed by atoms with E-state index in [1.807, 2.05) is 91.0 Å². The highest BCUT2D eigenvalue weighted by Gasteiger charge is 2.51. The molecule has 0 aromatic heterocycles. The van der Waals surface area contributed by atoms with Gasteiger partial charge in [-0.2, -0.15) is 0 Å². The lowest BCUT2D eigenvalue weighted by Crippen LogP contribution is -2.61. The summed E-state index contributed by atoms with van der Waals surface area (Å²) >= 11 is 0. The molecule has 5 amide bonds. The first kappa shape index (κ1) is 46.3. The largest absolute Gasteiger partial charge is 0.481 e. The average molecular weight is 863 g/mol. The van der Waals surface area contributed by atoms with Gasteiger partial charge in [0.1, 0.15) is 24.2 Å². The average Bonchev–Trinajstić information content (AvgIpc) is 3.66. The smallest absolute Gasteiger partial charge is 0.305 e. The Kier molecular flexibility index (Phi) is 16.7. The van der Waals surface area contributed by atoms with Gasteiger partial charge in [-0.25, -0.2) is 0 Å². The van der Waals surface area contributed by atoms with Crippen LogP contribution in [0, 0.1) is 17.2 Å². The lowest BCUT2D eigenvalue weighted by Gasteiger charge is -2.39. The van der Waals surface area contributed by atoms with Crippen molar-refractivity contribution in [2.24, 2.45) is 17.6 Å². The second-order valence-corrected chi connectivity index (χ2v) is 17.1. The third-order valence-corrected chi connectivity index (χ3v) is 12.8. The number of benzene rings is 3. The van der Waals surface area contributed by atoms with Gasteiger partial charge in [-0.05, 0) is 80.4 Å². The fourth-order valence-electron chi connectivity index (χ4n) is 9.59. The standard InChI is InChI=1S/C48H62N8O7/c49-48(50)52-26-13-22-37(45(61)55-39(30-42(57)58)44(60)51-27-25-36(32-16-7-2-8-17-32)33-18-9-3-10-19-33)53-46(62)41-29-35(28-31-14-5-1-6-15-31)40-24-23-38(47(63)56(40)41)54-43(59)34-20-11-4-12-21-34/h1-3,5-10,14-19,34-41H,4,11-13,20-30H2,(H,51,60)(H,53,62)(H,54,59)(H,55,61)(H,57,58)(H4,49,50,52)/t35-,37+,38+,39+,40+,41+/m1/s1. The van der Waals surface area contributed by atoms with Gasteiger partial charge in [0.25, 0.3) is 0 Å². The summed E-state index contributed by atoms with van der Waals surface area (Å²) in [4.78, 5) is 83.6. The Balaban J connectivity index is 1.17. The molecule has 3 aromatic rings. The van der Waals surface area contributed by atoms with E-state index < -0.39 is 54.3 Å². The number of nitrogens with zero attached hydrogens (tertiary/aromatic N) is 1. The molecule has 3 aliphatic rings. The summed E-state index contributed by atoms with van der Waals surface area (Å²) in [5.74, 6) is -4.30. The number of aliphatic carboxylic acids is 1. The molecule has 2 aliphatic heterocycles. The molecule has 3 aromatic carbocycles. The predicted molar refractivity (Wildman–Crippen MR) is 238 cm³/mol. The van der Waals surface area contributed by atoms with Crippen molar-refractivity contribution in [2.45, 2.75) is 120 Å². The molecule has 2 heterocycles. The highest BCUT2D eigenvalue weighted by molar-refractivity contribution is 5.97. The molecule has 9 N–H and O–H groups in total. The third kappa shape index (κ3) is 12.9. The van der Waals surface area contributed by atoms with Crippen LogP contribution in [0.15, 0.2) is 91.0 Å². The van der Waals surface area contributed by atoms with E-state index in [1.54, 1.807) is 4.90 Å². The number of nitrogens with one attached hydrogen (secondary N) is 6. The Labute approximate surface area is 369 Å². The van der Waals surface area contributed by atoms with Crippen LogP contribution in [0.25, 0.3) is 0 Å². The number of carbonyl (C=O) groups is 6. The van der Waals surface area contributed by atoms with E-state index in [9.17, 15) is 33.9 Å². The normalized spacial score (nSPS) is 20.8. The van der Waals surface area contributed by atoms with E-state index in [0.717, 1.165) is 48.8 Å². The number of guanidine groups is 1. The van der Waals surface area contributed by atoms with Gasteiger partial charge in [-0.15, -0.1) is 0 Å². The Hall–Kier alpha value is -6.25. The molecule has 0 unspecified atom stereocenters. The summed E-state index contributed by atoms with van der Waals surface area (Å²) in [6.45, 7) is 0.394. The maximum absolute atomic E-state index is 14.5. The second-order valence-electron chi connectivity index (χ2n) is 17.1. The number of nitrogens with two attached hydrogens (primary N) is 1. The van der Waals surface area contributed by atoms with E-state index in [-0.39, 0.29) is 67.5 Å². The van der Waals surface area contributed by atoms with Crippen molar-refractivity contribution >= 4 is 41.5 Å². The zero-order chi connectivity index (χ0) is 44.7. The Morgan fingerprint density at radius 1 is 0.730 bits per heavy atom. The summed E-state index contributed by atoms with van der Waals surface area (Å²) in [5.41, 5.74) is 8.66. The fourth-order valence-corrected chi connectivity index (χ4v) is 9.59. The SMILES string of the molecule is N=C(N)NCCC[C@H](NC(=O)[C@@H]1C[C@@H](Cc2ccccc2)[C@@H]2CC[C@H](NC(=O)C3CCCCC3)C(=O)N12)C(=O)N[C@@H](CC(=O)O)C(=O)NCCC(c1ccccc1)c1ccccc1. The number of hydrogen-bond acceptors (Lipinski definition) is 7. The number of hydrogen-bond donors (Lipinski definition) is 8. The summed E-state index contributed by atoms with van der Waals surface area (Å²) in [5, 5.41) is 31.4. The molecular weight excluding hydrogens is 801 g/mol. The van der Waals surface area contributed by atoms with Gasteiger partial charge in [0.2, 0.25) is 29.5 Å². The molecule has 2 saturated heterocycles. The first-order chi connectivity index (χ1) is 30.5. The van der Waals surface area contributed by atoms with Crippen LogP contribution in [0.1, 0.15) is 99.7 Å². The minimum Gasteiger partial charge on any atom is -0.481 e. The highest BCUT2D eigenvalue weighted by atomic mass is 16.4. The van der Waals surface area contributed by atoms with Crippen molar-refractivity contribution in [1.82, 2.24) is 31.5 Å². The summed E-state index contributed by atoms with van der Waals surface area (Å²) in [6.07, 6.45) is 6.73. The minimum atomic E-state index is -1.46. The molecule has 0 bridgehead atoms. The van der Waals surface area contributed by atoms with Gasteiger partial charge in [0, 0.05) is 31.0 Å². The second kappa shape index (κ2) is 22.7. The molecule has 6 atom stereocenters. The molecular formula is C48H62N8O7. The Bertz CT molecular complexity index is 1990. The van der Waals surface area contributed by atoms with Crippen molar-refractivity contribution in [3.8, 4) is 0 Å². The van der Waals surface area contributed by atoms with E-state index in [0.29, 0.717) is 32.1 Å². The van der Waals surface area contributed by atoms with Crippen molar-refractivity contribution in [2.75, 3.05) is 13.1 Å². The number of carbonyl (C=O) groups excluding carboxylic acids is 5. The molecule has 15 nitrogen and oxygen atoms in total. The molecule has 336 valence electrons. The van der Waals surface area contributed by atoms with Crippen molar-refractivity contribution in [3.63, 3.8) is 0 Å². The van der Waals surface area contributed by atoms with Crippen LogP contribution < -0.4 is 32.3 Å². The maximum atomic E-state index is 14.5. The minimum absolute atomic E-state index is 0.0483. The quantitative estimate of drug-likeness (QED) is 0.0469. The van der Waals surface area contributed by atoms with E-state index >= 15 is 0 Å². The van der Waals surface area contributed by atoms with Crippen LogP contribution in [0.2, 0.25) is 0 Å². The van der Waals surface area contributed by atoms with Gasteiger partial charge in [0.15, 0.2) is 5.96 Å². The van der Waals surface area contributed by atoms with Crippen molar-refractivity contribution in [1.29, 1.82) is 5.41 Å². The van der Waals surface area contributed by atoms with Gasteiger partial charge in [0.05, 0.1) is 6.42 Å². The molecule has 1 saturated carbocycles. The third-order valence-electron chi connectivity index (χ3n) is 12.8. The summed E-state index contributed by atoms with van der Waals surface area (Å²) in [6, 6.07) is 24.9. The Morgan fingerprint density at radius 2 is 1.37 bits per heavy atom. The van der Waals surface area contributed by atoms with Crippen LogP contribution >= 0.6 is 0 Å². The number of carboxylic acid groups (broad SMARTS) is 1. The van der Waals surface area contributed by atoms with Crippen LogP contribution in [0.3, 0.4) is 0 Å². The Morgan fingerprint density at radius 3 is 1.98 bits per heavy atom. The number of fused-ring (bicyclic) bond motifs is 1. The number of carboxylic acids is 1. The van der Waals surface area contributed by atoms with Crippen LogP contribution in [-0.4, -0.2) is 94.8 Å². The number of rotatable bonds is 20. The first-order valence-electron chi connectivity index (χ1n) is 22.4. The van der Waals surface area contributed by atoms with Crippen molar-refractivity contribution in [3.05, 3.63) is 108 Å². The van der Waals surface area contributed by atoms with Gasteiger partial charge in [-0.1, -0.05) is 110 Å². The number of piperidine rings is 1. The van der Waals surface area contributed by atoms with E-state index in [1.165, 1.54) is 0 Å². The molecule has 3 fully saturated rings. The molecule has 0 radical (unpaired) electrons. The summed E-state index contributed by atoms with van der Waals surface area (Å²) in [7, 11) is 0. The van der Waals surface area contributed by atoms with E-state index in [4.69, 9.17) is 11.1 Å². The molecule has 1 aliphatic carbocycles. The van der Waals surface area contributed by atoms with Gasteiger partial charge >= 0.3 is 5.97 Å². The lowest BCUT2D eigenvalue weighted by molar-refractivity contribution is -0.147. The first-order valence-corrected chi connectivity index (χ1v) is 22.4. The van der Waals surface area contributed by atoms with E-state index in [2.05, 4.69) is 26.6 Å². The zero-order valence-electron chi connectivity index (χ0n) is 35.8. The fraction of sp³-hybridized carbons (Fsp3) is 0.479. The molecule has 15 heteroatoms. The number of amides is 5. The summed E-state index contributed by atoms with van der Waals surface area (Å²) < 4.78 is 0. The highest BCUT2D eigenvalue weighted by Crippen LogP contribution is 2.39. The monoisotopic (exact) mass is 862 g/mol. The molecule has 6 rings (SSSR count). The lowest BCUT2D eigenvalue weighted by atomic mass is 9.86. The molecule has 0 spiro atoms. The van der Waals surface area contributed by atoms with Crippen LogP contribution in [-0.2, 0) is 35.2 Å². The van der Waals surface area contributed by atoms with Crippen LogP contribution in [0.4, 0.5) is 0 Å². The van der Waals surface area contributed by atoms with Gasteiger partial charge < -0.3 is 42.3 Å².